The second-order valence-electron chi connectivity index (χ2n) is 7.65. The highest BCUT2D eigenvalue weighted by atomic mass is 16.5. The summed E-state index contributed by atoms with van der Waals surface area (Å²) in [7, 11) is 0. The number of rotatable bonds is 4. The van der Waals surface area contributed by atoms with Crippen LogP contribution in [0.4, 0.5) is 0 Å². The van der Waals surface area contributed by atoms with Gasteiger partial charge >= 0.3 is 0 Å². The van der Waals surface area contributed by atoms with Crippen molar-refractivity contribution in [1.29, 1.82) is 0 Å². The van der Waals surface area contributed by atoms with E-state index in [-0.39, 0.29) is 6.04 Å². The lowest BCUT2D eigenvalue weighted by Gasteiger charge is -2.23. The van der Waals surface area contributed by atoms with Gasteiger partial charge in [0.05, 0.1) is 52.3 Å². The molecule has 4 heterocycles. The molecule has 3 aromatic heterocycles. The molecule has 0 N–H and O–H groups in total. The quantitative estimate of drug-likeness (QED) is 0.510. The number of nitrogens with zero attached hydrogens (tertiary/aromatic N) is 5. The van der Waals surface area contributed by atoms with Crippen molar-refractivity contribution >= 4 is 10.9 Å². The molecule has 1 atom stereocenters. The second-order valence-corrected chi connectivity index (χ2v) is 7.65. The number of aromatic nitrogens is 4. The van der Waals surface area contributed by atoms with E-state index in [0.717, 1.165) is 65.5 Å². The predicted molar refractivity (Wildman–Crippen MR) is 111 cm³/mol. The number of likely N-dealkylation sites (tertiary alicyclic amines) is 1. The van der Waals surface area contributed by atoms with Crippen molar-refractivity contribution in [3.8, 4) is 11.3 Å². The first-order valence-electron chi connectivity index (χ1n) is 10.0. The molecule has 0 spiro atoms. The van der Waals surface area contributed by atoms with E-state index in [2.05, 4.69) is 39.3 Å². The molecule has 1 aromatic carbocycles. The number of hydrogen-bond donors (Lipinski definition) is 0. The lowest BCUT2D eigenvalue weighted by Crippen LogP contribution is -2.24. The Labute approximate surface area is 169 Å². The topological polar surface area (TPSA) is 67.9 Å². The van der Waals surface area contributed by atoms with Crippen LogP contribution < -0.4 is 0 Å². The highest BCUT2D eigenvalue weighted by Crippen LogP contribution is 2.33. The minimum Gasteiger partial charge on any atom is -0.361 e. The van der Waals surface area contributed by atoms with E-state index in [4.69, 9.17) is 14.5 Å². The third kappa shape index (κ3) is 3.40. The fraction of sp³-hybridized carbons (Fsp3) is 0.304. The first-order valence-corrected chi connectivity index (χ1v) is 10.0. The van der Waals surface area contributed by atoms with Crippen LogP contribution in [-0.2, 0) is 6.54 Å². The zero-order valence-corrected chi connectivity index (χ0v) is 16.7. The normalized spacial score (nSPS) is 17.2. The molecule has 0 bridgehead atoms. The molecule has 29 heavy (non-hydrogen) atoms. The lowest BCUT2D eigenvalue weighted by molar-refractivity contribution is 0.241. The second kappa shape index (κ2) is 7.37. The smallest absolute Gasteiger partial charge is 0.143 e. The molecule has 6 nitrogen and oxygen atoms in total. The van der Waals surface area contributed by atoms with Gasteiger partial charge in [-0.05, 0) is 45.4 Å². The summed E-state index contributed by atoms with van der Waals surface area (Å²) in [4.78, 5) is 16.7. The monoisotopic (exact) mass is 385 g/mol. The summed E-state index contributed by atoms with van der Waals surface area (Å²) in [5.74, 6) is 0.776. The van der Waals surface area contributed by atoms with Crippen molar-refractivity contribution in [2.24, 2.45) is 0 Å². The summed E-state index contributed by atoms with van der Waals surface area (Å²) in [6.45, 7) is 5.70. The van der Waals surface area contributed by atoms with Gasteiger partial charge in [-0.25, -0.2) is 4.98 Å². The number of aryl methyl sites for hydroxylation is 2. The van der Waals surface area contributed by atoms with Gasteiger partial charge in [0, 0.05) is 11.9 Å². The third-order valence-corrected chi connectivity index (χ3v) is 5.67. The zero-order chi connectivity index (χ0) is 19.8. The number of para-hydroxylation sites is 1. The van der Waals surface area contributed by atoms with E-state index < -0.39 is 0 Å². The SMILES string of the molecule is Cc1noc(C)c1-c1cncc([C@H]2CCCN2Cc2ccc3ccccc3n2)n1. The maximum Gasteiger partial charge on any atom is 0.143 e. The minimum absolute atomic E-state index is 0.246. The Morgan fingerprint density at radius 2 is 1.97 bits per heavy atom. The minimum atomic E-state index is 0.246. The van der Waals surface area contributed by atoms with Crippen LogP contribution in [0.5, 0.6) is 0 Å². The summed E-state index contributed by atoms with van der Waals surface area (Å²) in [6.07, 6.45) is 5.90. The molecule has 1 aliphatic rings. The van der Waals surface area contributed by atoms with E-state index >= 15 is 0 Å². The first kappa shape index (κ1) is 17.9. The molecule has 1 saturated heterocycles. The van der Waals surface area contributed by atoms with E-state index in [0.29, 0.717) is 0 Å². The van der Waals surface area contributed by atoms with Gasteiger partial charge in [-0.2, -0.15) is 0 Å². The summed E-state index contributed by atoms with van der Waals surface area (Å²) < 4.78 is 5.31. The average molecular weight is 385 g/mol. The molecule has 0 saturated carbocycles. The molecular weight excluding hydrogens is 362 g/mol. The highest BCUT2D eigenvalue weighted by molar-refractivity contribution is 5.78. The van der Waals surface area contributed by atoms with Gasteiger partial charge in [-0.15, -0.1) is 0 Å². The number of pyridine rings is 1. The Balaban J connectivity index is 1.42. The Morgan fingerprint density at radius 3 is 2.83 bits per heavy atom. The fourth-order valence-electron chi connectivity index (χ4n) is 4.27. The van der Waals surface area contributed by atoms with Crippen molar-refractivity contribution in [2.75, 3.05) is 6.54 Å². The molecular formula is C23H23N5O. The number of hydrogen-bond acceptors (Lipinski definition) is 6. The van der Waals surface area contributed by atoms with Gasteiger partial charge in [0.25, 0.3) is 0 Å². The van der Waals surface area contributed by atoms with E-state index in [1.54, 1.807) is 6.20 Å². The van der Waals surface area contributed by atoms with E-state index in [1.807, 2.05) is 32.2 Å². The highest BCUT2D eigenvalue weighted by Gasteiger charge is 2.28. The molecule has 6 heteroatoms. The molecule has 1 fully saturated rings. The van der Waals surface area contributed by atoms with Crippen LogP contribution in [0.3, 0.4) is 0 Å². The predicted octanol–water partition coefficient (Wildman–Crippen LogP) is 4.63. The summed E-state index contributed by atoms with van der Waals surface area (Å²) in [5.41, 5.74) is 5.75. The molecule has 4 aromatic rings. The van der Waals surface area contributed by atoms with Gasteiger partial charge in [0.2, 0.25) is 0 Å². The first-order chi connectivity index (χ1) is 14.2. The Kier molecular flexibility index (Phi) is 4.56. The van der Waals surface area contributed by atoms with Gasteiger partial charge in [-0.3, -0.25) is 14.9 Å². The van der Waals surface area contributed by atoms with Crippen LogP contribution in [0, 0.1) is 13.8 Å². The van der Waals surface area contributed by atoms with E-state index in [9.17, 15) is 0 Å². The van der Waals surface area contributed by atoms with Gasteiger partial charge in [0.1, 0.15) is 5.76 Å². The van der Waals surface area contributed by atoms with E-state index in [1.165, 1.54) is 5.39 Å². The summed E-state index contributed by atoms with van der Waals surface area (Å²) in [5, 5.41) is 5.23. The lowest BCUT2D eigenvalue weighted by atomic mass is 10.1. The summed E-state index contributed by atoms with van der Waals surface area (Å²) >= 11 is 0. The largest absolute Gasteiger partial charge is 0.361 e. The number of fused-ring (bicyclic) bond motifs is 1. The molecule has 1 aliphatic heterocycles. The maximum absolute atomic E-state index is 5.31. The Hall–Kier alpha value is -3.12. The molecule has 0 aliphatic carbocycles. The standard InChI is InChI=1S/C23H23N5O/c1-15-23(16(2)29-27-15)21-13-24-12-20(26-21)22-8-5-11-28(22)14-18-10-9-17-6-3-4-7-19(17)25-18/h3-4,6-7,9-10,12-13,22H,5,8,11,14H2,1-2H3/t22-/m1/s1. The van der Waals surface area contributed by atoms with Crippen LogP contribution in [0.15, 0.2) is 53.3 Å². The third-order valence-electron chi connectivity index (χ3n) is 5.67. The van der Waals surface area contributed by atoms with Crippen LogP contribution >= 0.6 is 0 Å². The van der Waals surface area contributed by atoms with Crippen LogP contribution in [0.25, 0.3) is 22.2 Å². The molecule has 0 amide bonds. The van der Waals surface area contributed by atoms with Crippen molar-refractivity contribution in [3.63, 3.8) is 0 Å². The van der Waals surface area contributed by atoms with Gasteiger partial charge in [0.15, 0.2) is 0 Å². The Morgan fingerprint density at radius 1 is 1.07 bits per heavy atom. The van der Waals surface area contributed by atoms with Crippen LogP contribution in [0.1, 0.15) is 41.7 Å². The molecule has 0 unspecified atom stereocenters. The van der Waals surface area contributed by atoms with Crippen LogP contribution in [-0.4, -0.2) is 31.6 Å². The Bertz CT molecular complexity index is 1150. The zero-order valence-electron chi connectivity index (χ0n) is 16.7. The van der Waals surface area contributed by atoms with Crippen molar-refractivity contribution in [3.05, 3.63) is 71.6 Å². The van der Waals surface area contributed by atoms with Crippen molar-refractivity contribution in [2.45, 2.75) is 39.3 Å². The average Bonchev–Trinajstić information content (AvgIpc) is 3.34. The van der Waals surface area contributed by atoms with Crippen molar-refractivity contribution in [1.82, 2.24) is 25.0 Å². The molecule has 146 valence electrons. The maximum atomic E-state index is 5.31. The van der Waals surface area contributed by atoms with Crippen molar-refractivity contribution < 1.29 is 4.52 Å². The summed E-state index contributed by atoms with van der Waals surface area (Å²) in [6, 6.07) is 12.8. The molecule has 0 radical (unpaired) electrons. The fourth-order valence-corrected chi connectivity index (χ4v) is 4.27. The number of benzene rings is 1. The van der Waals surface area contributed by atoms with Gasteiger partial charge < -0.3 is 4.52 Å². The molecule has 5 rings (SSSR count). The van der Waals surface area contributed by atoms with Crippen LogP contribution in [0.2, 0.25) is 0 Å². The van der Waals surface area contributed by atoms with Gasteiger partial charge in [-0.1, -0.05) is 29.4 Å².